The Morgan fingerprint density at radius 2 is 1.78 bits per heavy atom. The molecule has 0 nitrogen and oxygen atoms in total. The van der Waals surface area contributed by atoms with E-state index in [1.165, 1.54) is 49.3 Å². The second-order valence-electron chi connectivity index (χ2n) is 7.38. The van der Waals surface area contributed by atoms with Crippen molar-refractivity contribution in [2.75, 3.05) is 0 Å². The van der Waals surface area contributed by atoms with Crippen LogP contribution in [0, 0.1) is 15.3 Å². The molecule has 0 aliphatic carbocycles. The van der Waals surface area contributed by atoms with Gasteiger partial charge in [0.2, 0.25) is 0 Å². The third kappa shape index (κ3) is 7.81. The molecule has 0 bridgehead atoms. The highest BCUT2D eigenvalue weighted by molar-refractivity contribution is 14.1. The Morgan fingerprint density at radius 3 is 2.48 bits per heavy atom. The fourth-order valence-electron chi connectivity index (χ4n) is 3.47. The maximum atomic E-state index is 13.6. The first kappa shape index (κ1) is 22.2. The van der Waals surface area contributed by atoms with Crippen LogP contribution in [-0.2, 0) is 6.42 Å². The van der Waals surface area contributed by atoms with Crippen molar-refractivity contribution in [2.45, 2.75) is 58.8 Å². The molecule has 0 saturated heterocycles. The molecule has 0 N–H and O–H groups in total. The minimum absolute atomic E-state index is 0.166. The zero-order valence-corrected chi connectivity index (χ0v) is 18.6. The highest BCUT2D eigenvalue weighted by atomic mass is 127. The van der Waals surface area contributed by atoms with Crippen molar-refractivity contribution in [3.05, 3.63) is 68.6 Å². The second kappa shape index (κ2) is 11.7. The third-order valence-corrected chi connectivity index (χ3v) is 6.12. The van der Waals surface area contributed by atoms with Crippen molar-refractivity contribution < 1.29 is 4.39 Å². The van der Waals surface area contributed by atoms with E-state index in [2.05, 4.69) is 54.6 Å². The van der Waals surface area contributed by atoms with Crippen LogP contribution < -0.4 is 5.46 Å². The summed E-state index contributed by atoms with van der Waals surface area (Å²) in [5.74, 6) is 0.393. The molecule has 0 amide bonds. The number of halogens is 2. The minimum Gasteiger partial charge on any atom is -0.207 e. The number of hydrogen-bond donors (Lipinski definition) is 0. The Hall–Kier alpha value is -1.10. The van der Waals surface area contributed by atoms with Crippen molar-refractivity contribution in [2.24, 2.45) is 5.92 Å². The molecular weight excluding hydrogens is 445 g/mol. The lowest BCUT2D eigenvalue weighted by atomic mass is 9.87. The van der Waals surface area contributed by atoms with Crippen LogP contribution in [0.3, 0.4) is 0 Å². The van der Waals surface area contributed by atoms with Crippen LogP contribution in [0.5, 0.6) is 0 Å². The van der Waals surface area contributed by atoms with Gasteiger partial charge in [0, 0.05) is 3.57 Å². The lowest BCUT2D eigenvalue weighted by Crippen LogP contribution is -2.05. The third-order valence-electron chi connectivity index (χ3n) is 5.14. The average molecular weight is 474 g/mol. The standard InChI is InChI=1S/C24H29BFI/c1-3-4-5-8-20(9-6-7-19-10-12-22(25)13-11-19)18(2)16-21-17-23(26)14-15-24(21)27/h10-17,20H,3-9H2,1-2H3/b18-16+. The van der Waals surface area contributed by atoms with Crippen LogP contribution in [-0.4, -0.2) is 7.85 Å². The highest BCUT2D eigenvalue weighted by Crippen LogP contribution is 2.27. The molecule has 2 aromatic rings. The number of unbranched alkanes of at least 4 members (excludes halogenated alkanes) is 2. The molecule has 0 fully saturated rings. The molecule has 2 rings (SSSR count). The minimum atomic E-state index is -0.166. The number of allylic oxidation sites excluding steroid dienone is 1. The van der Waals surface area contributed by atoms with Gasteiger partial charge in [-0.15, -0.1) is 0 Å². The van der Waals surface area contributed by atoms with E-state index in [9.17, 15) is 4.39 Å². The van der Waals surface area contributed by atoms with E-state index in [0.717, 1.165) is 27.4 Å². The van der Waals surface area contributed by atoms with Gasteiger partial charge < -0.3 is 0 Å². The second-order valence-corrected chi connectivity index (χ2v) is 8.54. The number of rotatable bonds is 10. The Bertz CT molecular complexity index is 737. The Labute approximate surface area is 179 Å². The van der Waals surface area contributed by atoms with Crippen molar-refractivity contribution >= 4 is 42.0 Å². The van der Waals surface area contributed by atoms with Crippen molar-refractivity contribution in [3.8, 4) is 0 Å². The summed E-state index contributed by atoms with van der Waals surface area (Å²) in [6.07, 6.45) is 10.6. The summed E-state index contributed by atoms with van der Waals surface area (Å²) in [6, 6.07) is 13.2. The van der Waals surface area contributed by atoms with Gasteiger partial charge in [0.05, 0.1) is 0 Å². The molecule has 1 atom stereocenters. The first-order chi connectivity index (χ1) is 13.0. The molecule has 0 spiro atoms. The molecule has 2 radical (unpaired) electrons. The van der Waals surface area contributed by atoms with E-state index in [-0.39, 0.29) is 5.82 Å². The summed E-state index contributed by atoms with van der Waals surface area (Å²) in [5.41, 5.74) is 4.52. The van der Waals surface area contributed by atoms with Gasteiger partial charge in [0.15, 0.2) is 0 Å². The SMILES string of the molecule is [B]c1ccc(CCCC(CCCCC)/C(C)=C/c2cc(F)ccc2I)cc1. The van der Waals surface area contributed by atoms with Gasteiger partial charge >= 0.3 is 0 Å². The predicted molar refractivity (Wildman–Crippen MR) is 125 cm³/mol. The lowest BCUT2D eigenvalue weighted by molar-refractivity contribution is 0.473. The summed E-state index contributed by atoms with van der Waals surface area (Å²) in [7, 11) is 5.77. The summed E-state index contributed by atoms with van der Waals surface area (Å²) < 4.78 is 14.7. The lowest BCUT2D eigenvalue weighted by Gasteiger charge is -2.18. The summed E-state index contributed by atoms with van der Waals surface area (Å²) in [5, 5.41) is 0. The quantitative estimate of drug-likeness (QED) is 0.201. The topological polar surface area (TPSA) is 0 Å². The first-order valence-corrected chi connectivity index (χ1v) is 11.0. The normalized spacial score (nSPS) is 13.0. The molecule has 3 heteroatoms. The molecule has 0 saturated carbocycles. The van der Waals surface area contributed by atoms with Crippen molar-refractivity contribution in [1.29, 1.82) is 0 Å². The van der Waals surface area contributed by atoms with Crippen LogP contribution in [0.25, 0.3) is 6.08 Å². The van der Waals surface area contributed by atoms with Crippen LogP contribution in [0.2, 0.25) is 0 Å². The molecule has 27 heavy (non-hydrogen) atoms. The first-order valence-electron chi connectivity index (χ1n) is 9.97. The van der Waals surface area contributed by atoms with Crippen LogP contribution >= 0.6 is 22.6 Å². The largest absolute Gasteiger partial charge is 0.207 e. The molecule has 1 unspecified atom stereocenters. The average Bonchev–Trinajstić information content (AvgIpc) is 2.65. The summed E-state index contributed by atoms with van der Waals surface area (Å²) in [4.78, 5) is 0. The van der Waals surface area contributed by atoms with Crippen LogP contribution in [0.15, 0.2) is 48.0 Å². The molecule has 0 aromatic heterocycles. The van der Waals surface area contributed by atoms with Gasteiger partial charge in [-0.1, -0.05) is 67.6 Å². The van der Waals surface area contributed by atoms with Crippen LogP contribution in [0.4, 0.5) is 4.39 Å². The smallest absolute Gasteiger partial charge is 0.123 e. The monoisotopic (exact) mass is 474 g/mol. The van der Waals surface area contributed by atoms with Gasteiger partial charge in [0.1, 0.15) is 13.7 Å². The van der Waals surface area contributed by atoms with Crippen molar-refractivity contribution in [3.63, 3.8) is 0 Å². The molecule has 0 aliphatic heterocycles. The maximum absolute atomic E-state index is 13.6. The van der Waals surface area contributed by atoms with E-state index < -0.39 is 0 Å². The zero-order chi connectivity index (χ0) is 19.6. The van der Waals surface area contributed by atoms with Gasteiger partial charge in [-0.05, 0) is 90.4 Å². The zero-order valence-electron chi connectivity index (χ0n) is 16.5. The molecule has 0 heterocycles. The number of benzene rings is 2. The van der Waals surface area contributed by atoms with E-state index in [1.54, 1.807) is 6.07 Å². The molecule has 0 aliphatic rings. The van der Waals surface area contributed by atoms with Gasteiger partial charge in [-0.3, -0.25) is 0 Å². The Morgan fingerprint density at radius 1 is 1.07 bits per heavy atom. The fraction of sp³-hybridized carbons (Fsp3) is 0.417. The van der Waals surface area contributed by atoms with Gasteiger partial charge in [-0.2, -0.15) is 0 Å². The number of hydrogen-bond acceptors (Lipinski definition) is 0. The fourth-order valence-corrected chi connectivity index (χ4v) is 3.96. The van der Waals surface area contributed by atoms with Crippen LogP contribution in [0.1, 0.15) is 63.5 Å². The highest BCUT2D eigenvalue weighted by Gasteiger charge is 2.12. The van der Waals surface area contributed by atoms with E-state index in [0.29, 0.717) is 5.92 Å². The maximum Gasteiger partial charge on any atom is 0.123 e. The predicted octanol–water partition coefficient (Wildman–Crippen LogP) is 6.85. The summed E-state index contributed by atoms with van der Waals surface area (Å²) >= 11 is 2.29. The number of aryl methyl sites for hydroxylation is 1. The van der Waals surface area contributed by atoms with Gasteiger partial charge in [0.25, 0.3) is 0 Å². The Kier molecular flexibility index (Phi) is 9.60. The molecule has 142 valence electrons. The molecule has 2 aromatic carbocycles. The molecular formula is C24H29BFI. The van der Waals surface area contributed by atoms with Gasteiger partial charge in [-0.25, -0.2) is 4.39 Å². The Balaban J connectivity index is 2.04. The van der Waals surface area contributed by atoms with E-state index >= 15 is 0 Å². The van der Waals surface area contributed by atoms with E-state index in [4.69, 9.17) is 7.85 Å². The van der Waals surface area contributed by atoms with Crippen molar-refractivity contribution in [1.82, 2.24) is 0 Å². The van der Waals surface area contributed by atoms with E-state index in [1.807, 2.05) is 18.2 Å². The summed E-state index contributed by atoms with van der Waals surface area (Å²) in [6.45, 7) is 4.45.